The van der Waals surface area contributed by atoms with Crippen molar-refractivity contribution in [1.29, 1.82) is 0 Å². The van der Waals surface area contributed by atoms with Crippen molar-refractivity contribution in [2.24, 2.45) is 0 Å². The minimum atomic E-state index is -0.226. The van der Waals surface area contributed by atoms with Gasteiger partial charge < -0.3 is 10.6 Å². The number of anilines is 1. The summed E-state index contributed by atoms with van der Waals surface area (Å²) in [6, 6.07) is 5.33. The van der Waals surface area contributed by atoms with Crippen molar-refractivity contribution in [3.63, 3.8) is 0 Å². The summed E-state index contributed by atoms with van der Waals surface area (Å²) in [6.07, 6.45) is 5.96. The first-order chi connectivity index (χ1) is 9.79. The fourth-order valence-electron chi connectivity index (χ4n) is 1.58. The zero-order chi connectivity index (χ0) is 14.2. The van der Waals surface area contributed by atoms with E-state index in [2.05, 4.69) is 32.5 Å². The Kier molecular flexibility index (Phi) is 5.00. The Morgan fingerprint density at radius 1 is 1.30 bits per heavy atom. The van der Waals surface area contributed by atoms with Gasteiger partial charge in [-0.3, -0.25) is 9.78 Å². The number of nitrogens with zero attached hydrogens (tertiary/aromatic N) is 3. The van der Waals surface area contributed by atoms with Gasteiger partial charge in [0.25, 0.3) is 5.91 Å². The summed E-state index contributed by atoms with van der Waals surface area (Å²) in [7, 11) is 0. The van der Waals surface area contributed by atoms with Crippen LogP contribution in [-0.4, -0.2) is 27.4 Å². The smallest absolute Gasteiger partial charge is 0.270 e. The topological polar surface area (TPSA) is 79.8 Å². The van der Waals surface area contributed by atoms with Gasteiger partial charge in [-0.05, 0) is 24.1 Å². The third kappa shape index (κ3) is 4.01. The lowest BCUT2D eigenvalue weighted by Crippen LogP contribution is -2.24. The SMILES string of the molecule is CCCNc1nccc(C(=O)NCc2cccnc2)n1. The number of amides is 1. The van der Waals surface area contributed by atoms with Crippen LogP contribution < -0.4 is 10.6 Å². The number of carbonyl (C=O) groups excluding carboxylic acids is 1. The van der Waals surface area contributed by atoms with E-state index in [1.807, 2.05) is 12.1 Å². The normalized spacial score (nSPS) is 10.1. The maximum Gasteiger partial charge on any atom is 0.270 e. The molecule has 0 saturated carbocycles. The average Bonchev–Trinajstić information content (AvgIpc) is 2.52. The van der Waals surface area contributed by atoms with E-state index >= 15 is 0 Å². The number of aromatic nitrogens is 3. The van der Waals surface area contributed by atoms with Crippen LogP contribution in [-0.2, 0) is 6.54 Å². The van der Waals surface area contributed by atoms with Crippen molar-refractivity contribution in [3.05, 3.63) is 48.0 Å². The molecule has 104 valence electrons. The van der Waals surface area contributed by atoms with Gasteiger partial charge in [-0.1, -0.05) is 13.0 Å². The molecule has 0 unspecified atom stereocenters. The minimum Gasteiger partial charge on any atom is -0.354 e. The van der Waals surface area contributed by atoms with E-state index < -0.39 is 0 Å². The van der Waals surface area contributed by atoms with Crippen LogP contribution in [0.3, 0.4) is 0 Å². The van der Waals surface area contributed by atoms with Gasteiger partial charge in [0.2, 0.25) is 5.95 Å². The van der Waals surface area contributed by atoms with E-state index in [9.17, 15) is 4.79 Å². The van der Waals surface area contributed by atoms with E-state index in [-0.39, 0.29) is 5.91 Å². The number of rotatable bonds is 6. The number of hydrogen-bond acceptors (Lipinski definition) is 5. The highest BCUT2D eigenvalue weighted by Gasteiger charge is 2.08. The maximum absolute atomic E-state index is 12.0. The van der Waals surface area contributed by atoms with Gasteiger partial charge in [-0.25, -0.2) is 9.97 Å². The second-order valence-corrected chi connectivity index (χ2v) is 4.24. The highest BCUT2D eigenvalue weighted by molar-refractivity contribution is 5.92. The molecule has 6 heteroatoms. The molecule has 6 nitrogen and oxygen atoms in total. The van der Waals surface area contributed by atoms with Gasteiger partial charge in [-0.2, -0.15) is 0 Å². The quantitative estimate of drug-likeness (QED) is 0.834. The first-order valence-electron chi connectivity index (χ1n) is 6.53. The van der Waals surface area contributed by atoms with Gasteiger partial charge >= 0.3 is 0 Å². The summed E-state index contributed by atoms with van der Waals surface area (Å²) in [6.45, 7) is 3.26. The third-order valence-electron chi connectivity index (χ3n) is 2.60. The molecule has 0 aliphatic heterocycles. The predicted molar refractivity (Wildman–Crippen MR) is 76.2 cm³/mol. The van der Waals surface area contributed by atoms with Gasteiger partial charge in [0.05, 0.1) is 0 Å². The highest BCUT2D eigenvalue weighted by Crippen LogP contribution is 2.02. The summed E-state index contributed by atoms with van der Waals surface area (Å²) in [5, 5.41) is 5.85. The minimum absolute atomic E-state index is 0.226. The van der Waals surface area contributed by atoms with Crippen molar-refractivity contribution in [2.45, 2.75) is 19.9 Å². The van der Waals surface area contributed by atoms with Crippen LogP contribution in [0.25, 0.3) is 0 Å². The fraction of sp³-hybridized carbons (Fsp3) is 0.286. The second kappa shape index (κ2) is 7.18. The molecule has 2 aromatic rings. The number of hydrogen-bond donors (Lipinski definition) is 2. The molecule has 0 aliphatic carbocycles. The number of pyridine rings is 1. The molecule has 0 aliphatic rings. The van der Waals surface area contributed by atoms with E-state index in [0.29, 0.717) is 18.2 Å². The Labute approximate surface area is 117 Å². The van der Waals surface area contributed by atoms with E-state index in [1.165, 1.54) is 0 Å². The summed E-state index contributed by atoms with van der Waals surface area (Å²) >= 11 is 0. The Bertz CT molecular complexity index is 559. The summed E-state index contributed by atoms with van der Waals surface area (Å²) in [4.78, 5) is 24.2. The van der Waals surface area contributed by atoms with Crippen LogP contribution in [0.2, 0.25) is 0 Å². The molecule has 0 bridgehead atoms. The molecule has 2 N–H and O–H groups in total. The monoisotopic (exact) mass is 271 g/mol. The van der Waals surface area contributed by atoms with Crippen LogP contribution in [0, 0.1) is 0 Å². The number of carbonyl (C=O) groups is 1. The molecule has 0 aromatic carbocycles. The molecule has 0 saturated heterocycles. The summed E-state index contributed by atoms with van der Waals surface area (Å²) in [5.41, 5.74) is 1.29. The Morgan fingerprint density at radius 2 is 2.20 bits per heavy atom. The fourth-order valence-corrected chi connectivity index (χ4v) is 1.58. The first kappa shape index (κ1) is 13.9. The van der Waals surface area contributed by atoms with Crippen LogP contribution in [0.1, 0.15) is 29.4 Å². The van der Waals surface area contributed by atoms with Gasteiger partial charge in [0.15, 0.2) is 0 Å². The van der Waals surface area contributed by atoms with Crippen molar-refractivity contribution in [3.8, 4) is 0 Å². The molecule has 2 heterocycles. The lowest BCUT2D eigenvalue weighted by Gasteiger charge is -2.06. The van der Waals surface area contributed by atoms with Crippen molar-refractivity contribution in [1.82, 2.24) is 20.3 Å². The summed E-state index contributed by atoms with van der Waals surface area (Å²) in [5.74, 6) is 0.247. The highest BCUT2D eigenvalue weighted by atomic mass is 16.1. The largest absolute Gasteiger partial charge is 0.354 e. The van der Waals surface area contributed by atoms with Crippen molar-refractivity contribution in [2.75, 3.05) is 11.9 Å². The molecule has 20 heavy (non-hydrogen) atoms. The molecule has 0 spiro atoms. The van der Waals surface area contributed by atoms with Gasteiger partial charge in [0.1, 0.15) is 5.69 Å². The molecule has 2 aromatic heterocycles. The molecular weight excluding hydrogens is 254 g/mol. The maximum atomic E-state index is 12.0. The lowest BCUT2D eigenvalue weighted by atomic mass is 10.3. The molecular formula is C14H17N5O. The van der Waals surface area contributed by atoms with Gasteiger partial charge in [-0.15, -0.1) is 0 Å². The first-order valence-corrected chi connectivity index (χ1v) is 6.53. The molecule has 0 atom stereocenters. The Hall–Kier alpha value is -2.50. The van der Waals surface area contributed by atoms with Crippen molar-refractivity contribution >= 4 is 11.9 Å². The third-order valence-corrected chi connectivity index (χ3v) is 2.60. The van der Waals surface area contributed by atoms with Gasteiger partial charge in [0, 0.05) is 31.7 Å². The number of nitrogens with one attached hydrogen (secondary N) is 2. The Morgan fingerprint density at radius 3 is 2.95 bits per heavy atom. The molecule has 1 amide bonds. The Balaban J connectivity index is 1.95. The zero-order valence-electron chi connectivity index (χ0n) is 11.3. The van der Waals surface area contributed by atoms with E-state index in [0.717, 1.165) is 18.5 Å². The van der Waals surface area contributed by atoms with Crippen molar-refractivity contribution < 1.29 is 4.79 Å². The van der Waals surface area contributed by atoms with Crippen LogP contribution >= 0.6 is 0 Å². The van der Waals surface area contributed by atoms with Crippen LogP contribution in [0.15, 0.2) is 36.8 Å². The molecule has 2 rings (SSSR count). The standard InChI is InChI=1S/C14H17N5O/c1-2-6-16-14-17-8-5-12(19-14)13(20)18-10-11-4-3-7-15-9-11/h3-5,7-9H,2,6,10H2,1H3,(H,18,20)(H,16,17,19). The van der Waals surface area contributed by atoms with E-state index in [1.54, 1.807) is 24.7 Å². The average molecular weight is 271 g/mol. The van der Waals surface area contributed by atoms with Crippen LogP contribution in [0.4, 0.5) is 5.95 Å². The molecule has 0 radical (unpaired) electrons. The lowest BCUT2D eigenvalue weighted by molar-refractivity contribution is 0.0946. The zero-order valence-corrected chi connectivity index (χ0v) is 11.3. The predicted octanol–water partition coefficient (Wildman–Crippen LogP) is 1.62. The van der Waals surface area contributed by atoms with Crippen LogP contribution in [0.5, 0.6) is 0 Å². The summed E-state index contributed by atoms with van der Waals surface area (Å²) < 4.78 is 0. The molecule has 0 fully saturated rings. The second-order valence-electron chi connectivity index (χ2n) is 4.24. The van der Waals surface area contributed by atoms with E-state index in [4.69, 9.17) is 0 Å².